The number of hydrogen-bond acceptors (Lipinski definition) is 2. The zero-order valence-electron chi connectivity index (χ0n) is 4.18. The Morgan fingerprint density at radius 3 is 2.14 bits per heavy atom. The van der Waals surface area contributed by atoms with Crippen LogP contribution in [0, 0.1) is 0 Å². The second-order valence-corrected chi connectivity index (χ2v) is 3.34. The molecule has 0 aromatic rings. The zero-order valence-corrected chi connectivity index (χ0v) is 5.75. The van der Waals surface area contributed by atoms with Gasteiger partial charge in [0.25, 0.3) is 0 Å². The molecule has 0 aromatic carbocycles. The van der Waals surface area contributed by atoms with Crippen LogP contribution < -0.4 is 0 Å². The van der Waals surface area contributed by atoms with Crippen molar-refractivity contribution in [2.24, 2.45) is 0 Å². The molecule has 1 atom stereocenters. The van der Waals surface area contributed by atoms with Crippen molar-refractivity contribution in [3.8, 4) is 0 Å². The van der Waals surface area contributed by atoms with Crippen LogP contribution in [0.5, 0.6) is 0 Å². The normalized spacial score (nSPS) is 14.9. The fourth-order valence-corrected chi connectivity index (χ4v) is 0.655. The molecule has 0 N–H and O–H groups in total. The van der Waals surface area contributed by atoms with Crippen molar-refractivity contribution in [3.05, 3.63) is 0 Å². The van der Waals surface area contributed by atoms with E-state index >= 15 is 0 Å². The van der Waals surface area contributed by atoms with Gasteiger partial charge in [0.05, 0.1) is 17.1 Å². The minimum atomic E-state index is -1.31. The van der Waals surface area contributed by atoms with Crippen molar-refractivity contribution in [2.75, 3.05) is 0 Å². The van der Waals surface area contributed by atoms with Crippen LogP contribution in [-0.2, 0) is 14.8 Å². The quantitative estimate of drug-likeness (QED) is 0.580. The molecular formula is C3H7ClO2S. The Bertz CT molecular complexity index is 73.3. The van der Waals surface area contributed by atoms with Crippen LogP contribution in [0.15, 0.2) is 0 Å². The highest BCUT2D eigenvalue weighted by atomic mass is 35.5. The first kappa shape index (κ1) is 7.40. The number of hydrogen-bond donors (Lipinski definition) is 0. The second kappa shape index (κ2) is 3.41. The standard InChI is InChI=1S/C3H7ClO2S/c1-3(2)7(5)6-4/h3H,1-2H3. The van der Waals surface area contributed by atoms with E-state index in [-0.39, 0.29) is 5.25 Å². The van der Waals surface area contributed by atoms with E-state index in [1.165, 1.54) is 0 Å². The highest BCUT2D eigenvalue weighted by Crippen LogP contribution is 1.96. The van der Waals surface area contributed by atoms with Crippen LogP contribution >= 0.6 is 11.9 Å². The summed E-state index contributed by atoms with van der Waals surface area (Å²) >= 11 is 3.43. The van der Waals surface area contributed by atoms with E-state index in [9.17, 15) is 4.21 Å². The molecule has 0 amide bonds. The molecular weight excluding hydrogens is 136 g/mol. The van der Waals surface area contributed by atoms with Crippen molar-refractivity contribution < 1.29 is 7.94 Å². The second-order valence-electron chi connectivity index (χ2n) is 1.37. The van der Waals surface area contributed by atoms with Crippen LogP contribution in [0.1, 0.15) is 13.8 Å². The molecule has 0 fully saturated rings. The minimum Gasteiger partial charge on any atom is -0.228 e. The van der Waals surface area contributed by atoms with E-state index in [0.29, 0.717) is 0 Å². The van der Waals surface area contributed by atoms with Gasteiger partial charge in [-0.1, -0.05) is 0 Å². The van der Waals surface area contributed by atoms with Gasteiger partial charge in [0, 0.05) is 0 Å². The van der Waals surface area contributed by atoms with Gasteiger partial charge in [-0.2, -0.15) is 3.74 Å². The molecule has 0 saturated carbocycles. The predicted octanol–water partition coefficient (Wildman–Crippen LogP) is 1.23. The Kier molecular flexibility index (Phi) is 3.60. The lowest BCUT2D eigenvalue weighted by Crippen LogP contribution is -2.03. The van der Waals surface area contributed by atoms with Gasteiger partial charge in [0.15, 0.2) is 11.1 Å². The molecule has 44 valence electrons. The number of halogens is 1. The average molecular weight is 143 g/mol. The molecule has 7 heavy (non-hydrogen) atoms. The summed E-state index contributed by atoms with van der Waals surface area (Å²) in [5.74, 6) is 0. The van der Waals surface area contributed by atoms with Crippen molar-refractivity contribution in [3.63, 3.8) is 0 Å². The van der Waals surface area contributed by atoms with E-state index in [0.717, 1.165) is 0 Å². The summed E-state index contributed by atoms with van der Waals surface area (Å²) in [7, 11) is 0. The monoisotopic (exact) mass is 142 g/mol. The highest BCUT2D eigenvalue weighted by molar-refractivity contribution is 7.81. The largest absolute Gasteiger partial charge is 0.228 e. The highest BCUT2D eigenvalue weighted by Gasteiger charge is 2.01. The first-order valence-electron chi connectivity index (χ1n) is 1.88. The van der Waals surface area contributed by atoms with E-state index in [1.807, 2.05) is 0 Å². The van der Waals surface area contributed by atoms with Crippen molar-refractivity contribution in [2.45, 2.75) is 19.1 Å². The molecule has 0 aliphatic carbocycles. The maximum absolute atomic E-state index is 10.3. The molecule has 0 spiro atoms. The smallest absolute Gasteiger partial charge is 0.175 e. The summed E-state index contributed by atoms with van der Waals surface area (Å²) in [4.78, 5) is 0. The van der Waals surface area contributed by atoms with Gasteiger partial charge in [-0.05, 0) is 13.8 Å². The summed E-state index contributed by atoms with van der Waals surface area (Å²) in [5.41, 5.74) is 0. The number of rotatable bonds is 2. The predicted molar refractivity (Wildman–Crippen MR) is 30.2 cm³/mol. The Morgan fingerprint density at radius 1 is 1.71 bits per heavy atom. The SMILES string of the molecule is CC(C)S(=O)OCl. The molecule has 0 aliphatic heterocycles. The van der Waals surface area contributed by atoms with Crippen LogP contribution in [0.4, 0.5) is 0 Å². The molecule has 0 saturated heterocycles. The van der Waals surface area contributed by atoms with Gasteiger partial charge in [0.1, 0.15) is 0 Å². The average Bonchev–Trinajstić information content (AvgIpc) is 1.65. The van der Waals surface area contributed by atoms with Gasteiger partial charge >= 0.3 is 0 Å². The third-order valence-electron chi connectivity index (χ3n) is 0.447. The molecule has 1 unspecified atom stereocenters. The minimum absolute atomic E-state index is 0.0162. The molecule has 0 radical (unpaired) electrons. The first-order valence-corrected chi connectivity index (χ1v) is 3.32. The molecule has 0 heterocycles. The summed E-state index contributed by atoms with van der Waals surface area (Å²) in [5, 5.41) is -0.0162. The first-order chi connectivity index (χ1) is 3.18. The summed E-state index contributed by atoms with van der Waals surface area (Å²) in [6.07, 6.45) is 0. The molecule has 0 bridgehead atoms. The molecule has 0 rings (SSSR count). The van der Waals surface area contributed by atoms with Crippen molar-refractivity contribution >= 4 is 22.9 Å². The molecule has 2 nitrogen and oxygen atoms in total. The Balaban J connectivity index is 3.35. The summed E-state index contributed by atoms with van der Waals surface area (Å²) in [6.45, 7) is 3.52. The molecule has 0 aromatic heterocycles. The molecule has 4 heteroatoms. The van der Waals surface area contributed by atoms with E-state index in [1.54, 1.807) is 13.8 Å². The van der Waals surface area contributed by atoms with Gasteiger partial charge in [-0.25, -0.2) is 4.21 Å². The maximum Gasteiger partial charge on any atom is 0.175 e. The van der Waals surface area contributed by atoms with Crippen LogP contribution in [0.3, 0.4) is 0 Å². The van der Waals surface area contributed by atoms with E-state index < -0.39 is 11.1 Å². The fraction of sp³-hybridized carbons (Fsp3) is 1.00. The lowest BCUT2D eigenvalue weighted by Gasteiger charge is -1.95. The van der Waals surface area contributed by atoms with Gasteiger partial charge < -0.3 is 0 Å². The third kappa shape index (κ3) is 3.02. The Labute approximate surface area is 50.6 Å². The van der Waals surface area contributed by atoms with E-state index in [4.69, 9.17) is 11.9 Å². The third-order valence-corrected chi connectivity index (χ3v) is 1.71. The van der Waals surface area contributed by atoms with Crippen LogP contribution in [-0.4, -0.2) is 9.46 Å². The lowest BCUT2D eigenvalue weighted by atomic mass is 10.6. The van der Waals surface area contributed by atoms with Crippen molar-refractivity contribution in [1.82, 2.24) is 0 Å². The lowest BCUT2D eigenvalue weighted by molar-refractivity contribution is 0.588. The summed E-state index contributed by atoms with van der Waals surface area (Å²) in [6, 6.07) is 0. The van der Waals surface area contributed by atoms with Crippen LogP contribution in [0.2, 0.25) is 0 Å². The van der Waals surface area contributed by atoms with Crippen LogP contribution in [0.25, 0.3) is 0 Å². The Morgan fingerprint density at radius 2 is 2.14 bits per heavy atom. The summed E-state index contributed by atoms with van der Waals surface area (Å²) < 4.78 is 14.2. The topological polar surface area (TPSA) is 26.3 Å². The van der Waals surface area contributed by atoms with Gasteiger partial charge in [-0.3, -0.25) is 0 Å². The van der Waals surface area contributed by atoms with Crippen molar-refractivity contribution in [1.29, 1.82) is 0 Å². The Hall–Kier alpha value is 0.400. The van der Waals surface area contributed by atoms with Gasteiger partial charge in [-0.15, -0.1) is 0 Å². The molecule has 0 aliphatic rings. The van der Waals surface area contributed by atoms with Gasteiger partial charge in [0.2, 0.25) is 0 Å². The fourth-order valence-electron chi connectivity index (χ4n) is 0.0727. The van der Waals surface area contributed by atoms with E-state index in [2.05, 4.69) is 3.74 Å². The zero-order chi connectivity index (χ0) is 5.86. The maximum atomic E-state index is 10.3.